The molecule has 0 saturated heterocycles. The summed E-state index contributed by atoms with van der Waals surface area (Å²) in [6.07, 6.45) is 1.50. The first kappa shape index (κ1) is 11.8. The van der Waals surface area contributed by atoms with Gasteiger partial charge in [0.05, 0.1) is 12.2 Å². The Balaban J connectivity index is 1.73. The number of benzene rings is 1. The summed E-state index contributed by atoms with van der Waals surface area (Å²) in [6, 6.07) is 7.03. The molecule has 0 fully saturated rings. The maximum atomic E-state index is 11.9. The van der Waals surface area contributed by atoms with E-state index in [0.717, 1.165) is 18.0 Å². The van der Waals surface area contributed by atoms with E-state index in [9.17, 15) is 4.79 Å². The zero-order valence-electron chi connectivity index (χ0n) is 9.85. The van der Waals surface area contributed by atoms with Crippen molar-refractivity contribution in [3.8, 4) is 5.69 Å². The molecule has 0 atom stereocenters. The Morgan fingerprint density at radius 1 is 1.32 bits per heavy atom. The Morgan fingerprint density at radius 3 is 2.79 bits per heavy atom. The first-order valence-electron chi connectivity index (χ1n) is 5.65. The number of carbonyl (C=O) groups excluding carboxylic acids is 1. The van der Waals surface area contributed by atoms with Crippen LogP contribution < -0.4 is 5.32 Å². The van der Waals surface area contributed by atoms with Crippen molar-refractivity contribution in [2.75, 3.05) is 12.3 Å². The largest absolute Gasteiger partial charge is 0.301 e. The molecule has 3 rings (SSSR count). The minimum Gasteiger partial charge on any atom is -0.301 e. The molecule has 1 aliphatic rings. The molecule has 1 aromatic carbocycles. The van der Waals surface area contributed by atoms with Gasteiger partial charge in [-0.3, -0.25) is 9.79 Å². The van der Waals surface area contributed by atoms with E-state index in [2.05, 4.69) is 25.8 Å². The number of carbonyl (C=O) groups is 1. The Bertz CT molecular complexity index is 607. The molecule has 96 valence electrons. The number of thioether (sulfide) groups is 1. The fourth-order valence-corrected chi connectivity index (χ4v) is 2.35. The number of hydrogen-bond donors (Lipinski definition) is 1. The summed E-state index contributed by atoms with van der Waals surface area (Å²) in [4.78, 5) is 16.1. The van der Waals surface area contributed by atoms with Gasteiger partial charge < -0.3 is 5.32 Å². The maximum absolute atomic E-state index is 11.9. The van der Waals surface area contributed by atoms with Gasteiger partial charge in [-0.15, -0.1) is 5.10 Å². The van der Waals surface area contributed by atoms with E-state index >= 15 is 0 Å². The number of amidine groups is 1. The average molecular weight is 274 g/mol. The van der Waals surface area contributed by atoms with E-state index in [0.29, 0.717) is 10.7 Å². The van der Waals surface area contributed by atoms with Crippen LogP contribution in [0.2, 0.25) is 0 Å². The minimum absolute atomic E-state index is 0.156. The van der Waals surface area contributed by atoms with Crippen molar-refractivity contribution in [2.45, 2.75) is 0 Å². The molecule has 1 N–H and O–H groups in total. The van der Waals surface area contributed by atoms with Gasteiger partial charge in [-0.05, 0) is 34.7 Å². The van der Waals surface area contributed by atoms with Gasteiger partial charge in [-0.2, -0.15) is 0 Å². The lowest BCUT2D eigenvalue weighted by Crippen LogP contribution is -2.27. The van der Waals surface area contributed by atoms with Crippen LogP contribution in [-0.4, -0.2) is 43.6 Å². The number of amides is 1. The van der Waals surface area contributed by atoms with Crippen molar-refractivity contribution in [1.29, 1.82) is 0 Å². The highest BCUT2D eigenvalue weighted by Gasteiger charge is 2.12. The second-order valence-corrected chi connectivity index (χ2v) is 4.87. The molecule has 2 aromatic rings. The number of aromatic nitrogens is 4. The molecule has 8 heteroatoms. The quantitative estimate of drug-likeness (QED) is 0.861. The second-order valence-electron chi connectivity index (χ2n) is 3.79. The lowest BCUT2D eigenvalue weighted by atomic mass is 10.2. The molecule has 0 radical (unpaired) electrons. The highest BCUT2D eigenvalue weighted by Crippen LogP contribution is 2.11. The second kappa shape index (κ2) is 5.19. The molecule has 0 bridgehead atoms. The predicted molar refractivity (Wildman–Crippen MR) is 71.4 cm³/mol. The highest BCUT2D eigenvalue weighted by atomic mass is 32.2. The molecule has 1 aromatic heterocycles. The van der Waals surface area contributed by atoms with E-state index < -0.39 is 0 Å². The topological polar surface area (TPSA) is 85.1 Å². The monoisotopic (exact) mass is 274 g/mol. The summed E-state index contributed by atoms with van der Waals surface area (Å²) in [5.41, 5.74) is 1.38. The van der Waals surface area contributed by atoms with Gasteiger partial charge in [0.15, 0.2) is 5.17 Å². The van der Waals surface area contributed by atoms with Gasteiger partial charge >= 0.3 is 0 Å². The van der Waals surface area contributed by atoms with Crippen molar-refractivity contribution < 1.29 is 4.79 Å². The van der Waals surface area contributed by atoms with Crippen molar-refractivity contribution in [3.05, 3.63) is 36.2 Å². The average Bonchev–Trinajstić information content (AvgIpc) is 3.12. The summed E-state index contributed by atoms with van der Waals surface area (Å²) in [5, 5.41) is 14.4. The van der Waals surface area contributed by atoms with Gasteiger partial charge in [0.2, 0.25) is 0 Å². The zero-order valence-corrected chi connectivity index (χ0v) is 10.7. The molecule has 0 spiro atoms. The van der Waals surface area contributed by atoms with Crippen molar-refractivity contribution >= 4 is 22.8 Å². The summed E-state index contributed by atoms with van der Waals surface area (Å²) in [5.74, 6) is 0.768. The normalized spacial score (nSPS) is 14.2. The van der Waals surface area contributed by atoms with Crippen molar-refractivity contribution in [3.63, 3.8) is 0 Å². The molecule has 1 amide bonds. The Hall–Kier alpha value is -2.22. The molecule has 7 nitrogen and oxygen atoms in total. The molecule has 0 saturated carbocycles. The third-order valence-corrected chi connectivity index (χ3v) is 3.44. The molecule has 0 aliphatic carbocycles. The Labute approximate surface area is 113 Å². The van der Waals surface area contributed by atoms with Gasteiger partial charge in [0.25, 0.3) is 5.91 Å². The standard InChI is InChI=1S/C11H10N6OS/c18-10(14-11-12-5-6-19-11)8-1-3-9(4-2-8)17-7-13-15-16-17/h1-4,7H,5-6H2,(H,12,14,18). The summed E-state index contributed by atoms with van der Waals surface area (Å²) >= 11 is 1.55. The van der Waals surface area contributed by atoms with E-state index in [1.54, 1.807) is 36.0 Å². The van der Waals surface area contributed by atoms with Crippen LogP contribution in [0.4, 0.5) is 0 Å². The number of aliphatic imine (C=N–C) groups is 1. The van der Waals surface area contributed by atoms with Crippen molar-refractivity contribution in [2.24, 2.45) is 4.99 Å². The third-order valence-electron chi connectivity index (χ3n) is 2.55. The van der Waals surface area contributed by atoms with Crippen LogP contribution in [0.25, 0.3) is 5.69 Å². The van der Waals surface area contributed by atoms with Gasteiger partial charge in [0.1, 0.15) is 6.33 Å². The zero-order chi connectivity index (χ0) is 13.1. The van der Waals surface area contributed by atoms with E-state index in [4.69, 9.17) is 0 Å². The molecule has 2 heterocycles. The Morgan fingerprint density at radius 2 is 2.16 bits per heavy atom. The van der Waals surface area contributed by atoms with E-state index in [-0.39, 0.29) is 5.91 Å². The number of nitrogens with one attached hydrogen (secondary N) is 1. The minimum atomic E-state index is -0.156. The molecule has 19 heavy (non-hydrogen) atoms. The maximum Gasteiger partial charge on any atom is 0.257 e. The Kier molecular flexibility index (Phi) is 3.23. The number of hydrogen-bond acceptors (Lipinski definition) is 6. The van der Waals surface area contributed by atoms with Crippen LogP contribution >= 0.6 is 11.8 Å². The number of tetrazole rings is 1. The van der Waals surface area contributed by atoms with Gasteiger partial charge in [-0.25, -0.2) is 4.68 Å². The van der Waals surface area contributed by atoms with Crippen LogP contribution in [0, 0.1) is 0 Å². The third kappa shape index (κ3) is 2.63. The fraction of sp³-hybridized carbons (Fsp3) is 0.182. The molecule has 0 unspecified atom stereocenters. The van der Waals surface area contributed by atoms with Crippen LogP contribution in [0.3, 0.4) is 0 Å². The number of rotatable bonds is 2. The van der Waals surface area contributed by atoms with E-state index in [1.807, 2.05) is 0 Å². The van der Waals surface area contributed by atoms with Gasteiger partial charge in [0, 0.05) is 11.3 Å². The molecular formula is C11H10N6OS. The summed E-state index contributed by atoms with van der Waals surface area (Å²) < 4.78 is 1.53. The van der Waals surface area contributed by atoms with E-state index in [1.165, 1.54) is 11.0 Å². The lowest BCUT2D eigenvalue weighted by Gasteiger charge is -2.04. The fourth-order valence-electron chi connectivity index (χ4n) is 1.63. The molecule has 1 aliphatic heterocycles. The SMILES string of the molecule is O=C(NC1=NCCS1)c1ccc(-n2cnnn2)cc1. The highest BCUT2D eigenvalue weighted by molar-refractivity contribution is 8.14. The first-order chi connectivity index (χ1) is 9.33. The summed E-state index contributed by atoms with van der Waals surface area (Å²) in [6.45, 7) is 0.762. The van der Waals surface area contributed by atoms with Crippen LogP contribution in [-0.2, 0) is 0 Å². The predicted octanol–water partition coefficient (Wildman–Crippen LogP) is 0.495. The van der Waals surface area contributed by atoms with Crippen molar-refractivity contribution in [1.82, 2.24) is 25.5 Å². The van der Waals surface area contributed by atoms with Gasteiger partial charge in [-0.1, -0.05) is 11.8 Å². The summed E-state index contributed by atoms with van der Waals surface area (Å²) in [7, 11) is 0. The first-order valence-corrected chi connectivity index (χ1v) is 6.63. The number of nitrogens with zero attached hydrogens (tertiary/aromatic N) is 5. The van der Waals surface area contributed by atoms with Crippen LogP contribution in [0.15, 0.2) is 35.6 Å². The van der Waals surface area contributed by atoms with Crippen LogP contribution in [0.5, 0.6) is 0 Å². The molecular weight excluding hydrogens is 264 g/mol. The van der Waals surface area contributed by atoms with Crippen LogP contribution in [0.1, 0.15) is 10.4 Å². The lowest BCUT2D eigenvalue weighted by molar-refractivity contribution is 0.0978. The smallest absolute Gasteiger partial charge is 0.257 e.